The number of nitrogens with one attached hydrogen (secondary N) is 2. The highest BCUT2D eigenvalue weighted by molar-refractivity contribution is 9.10. The summed E-state index contributed by atoms with van der Waals surface area (Å²) in [6.07, 6.45) is 4.53. The summed E-state index contributed by atoms with van der Waals surface area (Å²) in [5, 5.41) is 6.25. The predicted molar refractivity (Wildman–Crippen MR) is 81.0 cm³/mol. The lowest BCUT2D eigenvalue weighted by molar-refractivity contribution is -0.120. The molecule has 0 unspecified atom stereocenters. The number of aryl methyl sites for hydroxylation is 1. The zero-order valence-corrected chi connectivity index (χ0v) is 12.5. The molecule has 102 valence electrons. The molecule has 0 fully saturated rings. The molecule has 1 amide bonds. The van der Waals surface area contributed by atoms with Crippen LogP contribution in [0.1, 0.15) is 18.4 Å². The van der Waals surface area contributed by atoms with E-state index in [-0.39, 0.29) is 5.91 Å². The third-order valence-electron chi connectivity index (χ3n) is 3.20. The molecule has 1 aromatic rings. The van der Waals surface area contributed by atoms with E-state index in [0.717, 1.165) is 30.4 Å². The molecular weight excluding hydrogens is 304 g/mol. The van der Waals surface area contributed by atoms with Gasteiger partial charge in [-0.3, -0.25) is 4.79 Å². The van der Waals surface area contributed by atoms with E-state index in [0.29, 0.717) is 13.0 Å². The monoisotopic (exact) mass is 322 g/mol. The van der Waals surface area contributed by atoms with E-state index in [1.165, 1.54) is 11.1 Å². The highest BCUT2D eigenvalue weighted by Crippen LogP contribution is 2.13. The molecule has 0 aliphatic carbocycles. The largest absolute Gasteiger partial charge is 0.352 e. The van der Waals surface area contributed by atoms with Crippen molar-refractivity contribution in [3.63, 3.8) is 0 Å². The van der Waals surface area contributed by atoms with Crippen LogP contribution in [0, 0.1) is 0 Å². The summed E-state index contributed by atoms with van der Waals surface area (Å²) in [6.45, 7) is 2.63. The molecule has 19 heavy (non-hydrogen) atoms. The Hall–Kier alpha value is -1.13. The quantitative estimate of drug-likeness (QED) is 0.817. The average molecular weight is 323 g/mol. The first-order valence-corrected chi connectivity index (χ1v) is 7.43. The third-order valence-corrected chi connectivity index (χ3v) is 3.69. The van der Waals surface area contributed by atoms with Crippen LogP contribution >= 0.6 is 15.9 Å². The minimum absolute atomic E-state index is 0.124. The normalized spacial score (nSPS) is 14.9. The van der Waals surface area contributed by atoms with E-state index >= 15 is 0 Å². The summed E-state index contributed by atoms with van der Waals surface area (Å²) in [4.78, 5) is 11.8. The van der Waals surface area contributed by atoms with Crippen LogP contribution in [0.4, 0.5) is 0 Å². The maximum atomic E-state index is 11.8. The lowest BCUT2D eigenvalue weighted by atomic mass is 10.1. The molecule has 2 rings (SSSR count). The molecule has 0 aromatic heterocycles. The van der Waals surface area contributed by atoms with Gasteiger partial charge in [0.05, 0.1) is 0 Å². The molecule has 2 N–H and O–H groups in total. The summed E-state index contributed by atoms with van der Waals surface area (Å²) in [6, 6.07) is 8.10. The van der Waals surface area contributed by atoms with Crippen LogP contribution in [-0.2, 0) is 11.2 Å². The summed E-state index contributed by atoms with van der Waals surface area (Å²) >= 11 is 3.44. The SMILES string of the molecule is O=C(CCc1cccc(Br)c1)NCC1=CCNCC1. The second-order valence-electron chi connectivity index (χ2n) is 4.72. The zero-order chi connectivity index (χ0) is 13.5. The Morgan fingerprint density at radius 1 is 1.42 bits per heavy atom. The van der Waals surface area contributed by atoms with Crippen molar-refractivity contribution in [3.05, 3.63) is 46.0 Å². The van der Waals surface area contributed by atoms with Gasteiger partial charge in [-0.25, -0.2) is 0 Å². The lowest BCUT2D eigenvalue weighted by Crippen LogP contribution is -2.29. The van der Waals surface area contributed by atoms with Crippen molar-refractivity contribution < 1.29 is 4.79 Å². The Kier molecular flexibility index (Phi) is 5.61. The number of rotatable bonds is 5. The van der Waals surface area contributed by atoms with Gasteiger partial charge < -0.3 is 10.6 Å². The molecule has 1 aliphatic heterocycles. The van der Waals surface area contributed by atoms with Gasteiger partial charge in [-0.15, -0.1) is 0 Å². The number of hydrogen-bond donors (Lipinski definition) is 2. The molecule has 0 radical (unpaired) electrons. The minimum atomic E-state index is 0.124. The molecule has 1 aromatic carbocycles. The van der Waals surface area contributed by atoms with E-state index in [2.05, 4.69) is 38.7 Å². The van der Waals surface area contributed by atoms with E-state index < -0.39 is 0 Å². The summed E-state index contributed by atoms with van der Waals surface area (Å²) in [5.41, 5.74) is 2.51. The van der Waals surface area contributed by atoms with Crippen LogP contribution in [0.5, 0.6) is 0 Å². The second-order valence-corrected chi connectivity index (χ2v) is 5.64. The van der Waals surface area contributed by atoms with Gasteiger partial charge in [0.2, 0.25) is 5.91 Å². The average Bonchev–Trinajstić information content (AvgIpc) is 2.44. The van der Waals surface area contributed by atoms with Gasteiger partial charge in [-0.1, -0.05) is 39.7 Å². The summed E-state index contributed by atoms with van der Waals surface area (Å²) in [7, 11) is 0. The van der Waals surface area contributed by atoms with E-state index in [1.54, 1.807) is 0 Å². The number of halogens is 1. The molecular formula is C15H19BrN2O. The molecule has 0 atom stereocenters. The highest BCUT2D eigenvalue weighted by atomic mass is 79.9. The van der Waals surface area contributed by atoms with Gasteiger partial charge in [0, 0.05) is 24.0 Å². The smallest absolute Gasteiger partial charge is 0.220 e. The first-order chi connectivity index (χ1) is 9.24. The Balaban J connectivity index is 1.71. The first-order valence-electron chi connectivity index (χ1n) is 6.64. The lowest BCUT2D eigenvalue weighted by Gasteiger charge is -2.14. The Bertz CT molecular complexity index is 471. The number of benzene rings is 1. The van der Waals surface area contributed by atoms with Crippen molar-refractivity contribution in [2.24, 2.45) is 0 Å². The van der Waals surface area contributed by atoms with Gasteiger partial charge in [-0.2, -0.15) is 0 Å². The van der Waals surface area contributed by atoms with Crippen LogP contribution in [-0.4, -0.2) is 25.5 Å². The van der Waals surface area contributed by atoms with Gasteiger partial charge in [0.1, 0.15) is 0 Å². The second kappa shape index (κ2) is 7.46. The van der Waals surface area contributed by atoms with Crippen LogP contribution in [0.3, 0.4) is 0 Å². The van der Waals surface area contributed by atoms with Crippen molar-refractivity contribution in [1.29, 1.82) is 0 Å². The topological polar surface area (TPSA) is 41.1 Å². The van der Waals surface area contributed by atoms with Crippen molar-refractivity contribution in [1.82, 2.24) is 10.6 Å². The highest BCUT2D eigenvalue weighted by Gasteiger charge is 2.06. The van der Waals surface area contributed by atoms with E-state index in [1.807, 2.05) is 18.2 Å². The molecule has 4 heteroatoms. The summed E-state index contributed by atoms with van der Waals surface area (Å²) < 4.78 is 1.06. The molecule has 3 nitrogen and oxygen atoms in total. The maximum Gasteiger partial charge on any atom is 0.220 e. The first kappa shape index (κ1) is 14.3. The number of carbonyl (C=O) groups is 1. The van der Waals surface area contributed by atoms with Crippen molar-refractivity contribution in [3.8, 4) is 0 Å². The molecule has 0 spiro atoms. The van der Waals surface area contributed by atoms with E-state index in [4.69, 9.17) is 0 Å². The van der Waals surface area contributed by atoms with Crippen LogP contribution in [0.25, 0.3) is 0 Å². The number of amides is 1. The number of hydrogen-bond acceptors (Lipinski definition) is 2. The van der Waals surface area contributed by atoms with Gasteiger partial charge in [-0.05, 0) is 37.1 Å². The Labute approximate surface area is 122 Å². The summed E-state index contributed by atoms with van der Waals surface area (Å²) in [5.74, 6) is 0.124. The number of carbonyl (C=O) groups excluding carboxylic acids is 1. The van der Waals surface area contributed by atoms with Crippen molar-refractivity contribution >= 4 is 21.8 Å². The third kappa shape index (κ3) is 5.17. The molecule has 0 saturated carbocycles. The molecule has 0 saturated heterocycles. The van der Waals surface area contributed by atoms with Crippen molar-refractivity contribution in [2.75, 3.05) is 19.6 Å². The fourth-order valence-corrected chi connectivity index (χ4v) is 2.53. The minimum Gasteiger partial charge on any atom is -0.352 e. The molecule has 1 heterocycles. The maximum absolute atomic E-state index is 11.8. The van der Waals surface area contributed by atoms with Gasteiger partial charge in [0.25, 0.3) is 0 Å². The van der Waals surface area contributed by atoms with Gasteiger partial charge >= 0.3 is 0 Å². The molecule has 0 bridgehead atoms. The zero-order valence-electron chi connectivity index (χ0n) is 10.9. The Morgan fingerprint density at radius 3 is 3.05 bits per heavy atom. The standard InChI is InChI=1S/C15H19BrN2O/c16-14-3-1-2-12(10-14)4-5-15(19)18-11-13-6-8-17-9-7-13/h1-3,6,10,17H,4-5,7-9,11H2,(H,18,19). The van der Waals surface area contributed by atoms with E-state index in [9.17, 15) is 4.79 Å². The Morgan fingerprint density at radius 2 is 2.32 bits per heavy atom. The fraction of sp³-hybridized carbons (Fsp3) is 0.400. The van der Waals surface area contributed by atoms with Crippen molar-refractivity contribution in [2.45, 2.75) is 19.3 Å². The van der Waals surface area contributed by atoms with Crippen LogP contribution < -0.4 is 10.6 Å². The van der Waals surface area contributed by atoms with Gasteiger partial charge in [0.15, 0.2) is 0 Å². The fourth-order valence-electron chi connectivity index (χ4n) is 2.08. The van der Waals surface area contributed by atoms with Crippen LogP contribution in [0.15, 0.2) is 40.4 Å². The van der Waals surface area contributed by atoms with Crippen LogP contribution in [0.2, 0.25) is 0 Å². The predicted octanol–water partition coefficient (Wildman–Crippen LogP) is 2.42. The molecule has 1 aliphatic rings.